The number of aromatic nitrogens is 1. The topological polar surface area (TPSA) is 51.2 Å². The van der Waals surface area contributed by atoms with Crippen LogP contribution < -0.4 is 10.1 Å². The fourth-order valence-electron chi connectivity index (χ4n) is 6.41. The molecule has 0 amide bonds. The number of hydrogen-bond acceptors (Lipinski definition) is 4. The SMILES string of the molecule is CC(=O)[C@H]1[C@@H]2Cc3cc(OCc4ccc5c(c4F)C(c4ccccc4C)NCC5(C)C)ncc3[C@@H]21. The Morgan fingerprint density at radius 3 is 2.77 bits per heavy atom. The normalized spacial score (nSPS) is 25.4. The number of nitrogens with zero attached hydrogens (tertiary/aromatic N) is 1. The van der Waals surface area contributed by atoms with Gasteiger partial charge in [0.05, 0.1) is 6.04 Å². The van der Waals surface area contributed by atoms with E-state index in [2.05, 4.69) is 49.3 Å². The molecule has 3 aromatic rings. The summed E-state index contributed by atoms with van der Waals surface area (Å²) in [6.45, 7) is 8.95. The number of Topliss-reactive ketones (excluding diaryl/α,β-unsaturated/α-hetero) is 1. The first-order chi connectivity index (χ1) is 16.8. The Morgan fingerprint density at radius 2 is 2.00 bits per heavy atom. The summed E-state index contributed by atoms with van der Waals surface area (Å²) in [5, 5.41) is 3.60. The van der Waals surface area contributed by atoms with Crippen molar-refractivity contribution in [1.29, 1.82) is 0 Å². The van der Waals surface area contributed by atoms with Gasteiger partial charge in [0.15, 0.2) is 0 Å². The summed E-state index contributed by atoms with van der Waals surface area (Å²) in [7, 11) is 0. The number of ketones is 1. The fourth-order valence-corrected chi connectivity index (χ4v) is 6.41. The summed E-state index contributed by atoms with van der Waals surface area (Å²) in [6, 6.07) is 13.9. The summed E-state index contributed by atoms with van der Waals surface area (Å²) in [6.07, 6.45) is 2.75. The van der Waals surface area contributed by atoms with Crippen LogP contribution >= 0.6 is 0 Å². The Bertz CT molecular complexity index is 1350. The molecular weight excluding hydrogens is 439 g/mol. The van der Waals surface area contributed by atoms with Crippen LogP contribution in [0.1, 0.15) is 71.7 Å². The van der Waals surface area contributed by atoms with Crippen molar-refractivity contribution in [2.75, 3.05) is 6.54 Å². The number of pyridine rings is 1. The van der Waals surface area contributed by atoms with E-state index in [-0.39, 0.29) is 35.6 Å². The van der Waals surface area contributed by atoms with Gasteiger partial charge in [-0.3, -0.25) is 4.79 Å². The number of hydrogen-bond donors (Lipinski definition) is 1. The molecule has 2 heterocycles. The molecule has 0 bridgehead atoms. The molecule has 2 aliphatic carbocycles. The minimum Gasteiger partial charge on any atom is -0.473 e. The first kappa shape index (κ1) is 22.4. The lowest BCUT2D eigenvalue weighted by Gasteiger charge is -2.39. The van der Waals surface area contributed by atoms with Crippen molar-refractivity contribution in [1.82, 2.24) is 10.3 Å². The lowest BCUT2D eigenvalue weighted by Crippen LogP contribution is -2.43. The number of halogens is 1. The molecule has 3 aliphatic rings. The molecule has 1 saturated carbocycles. The van der Waals surface area contributed by atoms with E-state index in [0.717, 1.165) is 29.7 Å². The number of carbonyl (C=O) groups is 1. The van der Waals surface area contributed by atoms with E-state index in [4.69, 9.17) is 4.74 Å². The second-order valence-corrected chi connectivity index (χ2v) is 11.1. The molecule has 1 aromatic heterocycles. The Hall–Kier alpha value is -3.05. The largest absolute Gasteiger partial charge is 0.473 e. The first-order valence-electron chi connectivity index (χ1n) is 12.5. The van der Waals surface area contributed by atoms with Crippen LogP contribution in [0.2, 0.25) is 0 Å². The molecule has 35 heavy (non-hydrogen) atoms. The summed E-state index contributed by atoms with van der Waals surface area (Å²) < 4.78 is 22.1. The quantitative estimate of drug-likeness (QED) is 0.531. The van der Waals surface area contributed by atoms with Crippen molar-refractivity contribution >= 4 is 5.78 Å². The number of nitrogens with one attached hydrogen (secondary N) is 1. The second kappa shape index (κ2) is 7.99. The molecule has 6 rings (SSSR count). The Labute approximate surface area is 205 Å². The maximum atomic E-state index is 16.1. The third-order valence-corrected chi connectivity index (χ3v) is 8.35. The molecule has 2 aromatic carbocycles. The highest BCUT2D eigenvalue weighted by molar-refractivity contribution is 5.84. The molecule has 1 unspecified atom stereocenters. The fraction of sp³-hybridized carbons (Fsp3) is 0.400. The third kappa shape index (κ3) is 3.59. The molecular formula is C30H31FN2O2. The van der Waals surface area contributed by atoms with Gasteiger partial charge >= 0.3 is 0 Å². The molecule has 0 spiro atoms. The lowest BCUT2D eigenvalue weighted by atomic mass is 9.74. The Balaban J connectivity index is 1.28. The number of aryl methyl sites for hydroxylation is 1. The molecule has 0 radical (unpaired) electrons. The van der Waals surface area contributed by atoms with Crippen molar-refractivity contribution in [3.05, 3.63) is 93.4 Å². The molecule has 1 fully saturated rings. The molecule has 1 aliphatic heterocycles. The van der Waals surface area contributed by atoms with Gasteiger partial charge in [-0.1, -0.05) is 50.2 Å². The average Bonchev–Trinajstić information content (AvgIpc) is 3.42. The van der Waals surface area contributed by atoms with Crippen LogP contribution in [0.15, 0.2) is 48.7 Å². The number of carbonyl (C=O) groups excluding carboxylic acids is 1. The van der Waals surface area contributed by atoms with Crippen molar-refractivity contribution in [3.63, 3.8) is 0 Å². The van der Waals surface area contributed by atoms with Gasteiger partial charge in [0, 0.05) is 41.3 Å². The van der Waals surface area contributed by atoms with Crippen LogP contribution in [0.4, 0.5) is 4.39 Å². The number of fused-ring (bicyclic) bond motifs is 4. The third-order valence-electron chi connectivity index (χ3n) is 8.35. The zero-order chi connectivity index (χ0) is 24.5. The van der Waals surface area contributed by atoms with Gasteiger partial charge in [-0.05, 0) is 59.9 Å². The monoisotopic (exact) mass is 470 g/mol. The highest BCUT2D eigenvalue weighted by Gasteiger charge is 2.58. The van der Waals surface area contributed by atoms with Crippen LogP contribution in [0, 0.1) is 24.6 Å². The highest BCUT2D eigenvalue weighted by atomic mass is 19.1. The number of rotatable bonds is 5. The van der Waals surface area contributed by atoms with Crippen LogP contribution in [0.25, 0.3) is 0 Å². The van der Waals surface area contributed by atoms with E-state index in [9.17, 15) is 4.79 Å². The highest BCUT2D eigenvalue weighted by Crippen LogP contribution is 2.61. The predicted octanol–water partition coefficient (Wildman–Crippen LogP) is 5.55. The van der Waals surface area contributed by atoms with Gasteiger partial charge in [-0.15, -0.1) is 0 Å². The summed E-state index contributed by atoms with van der Waals surface area (Å²) >= 11 is 0. The van der Waals surface area contributed by atoms with E-state index < -0.39 is 0 Å². The van der Waals surface area contributed by atoms with E-state index >= 15 is 4.39 Å². The van der Waals surface area contributed by atoms with Crippen LogP contribution in [0.3, 0.4) is 0 Å². The van der Waals surface area contributed by atoms with Crippen LogP contribution in [-0.4, -0.2) is 17.3 Å². The zero-order valence-electron chi connectivity index (χ0n) is 20.7. The molecule has 4 atom stereocenters. The van der Waals surface area contributed by atoms with Crippen LogP contribution in [0.5, 0.6) is 5.88 Å². The van der Waals surface area contributed by atoms with Gasteiger partial charge in [0.25, 0.3) is 0 Å². The number of benzene rings is 2. The first-order valence-corrected chi connectivity index (χ1v) is 12.5. The Morgan fingerprint density at radius 1 is 1.20 bits per heavy atom. The van der Waals surface area contributed by atoms with Crippen molar-refractivity contribution in [2.45, 2.75) is 58.1 Å². The van der Waals surface area contributed by atoms with Gasteiger partial charge in [-0.25, -0.2) is 9.37 Å². The maximum absolute atomic E-state index is 16.1. The second-order valence-electron chi connectivity index (χ2n) is 11.1. The van der Waals surface area contributed by atoms with Crippen molar-refractivity contribution in [3.8, 4) is 5.88 Å². The summed E-state index contributed by atoms with van der Waals surface area (Å²) in [5.74, 6) is 1.50. The lowest BCUT2D eigenvalue weighted by molar-refractivity contribution is -0.118. The van der Waals surface area contributed by atoms with Gasteiger partial charge < -0.3 is 10.1 Å². The zero-order valence-corrected chi connectivity index (χ0v) is 20.7. The molecule has 1 N–H and O–H groups in total. The molecule has 0 saturated heterocycles. The number of ether oxygens (including phenoxy) is 1. The standard InChI is InChI=1S/C30H31FN2O2/c1-16-7-5-6-8-20(16)29-27-23(30(3,4)15-33-29)10-9-18(28(27)31)14-35-24-12-19-11-21-25(17(2)34)26(21)22(19)13-32-24/h5-10,12-13,21,25-26,29,33H,11,14-15H2,1-4H3/t21-,25-,26+,29?/m0/s1. The maximum Gasteiger partial charge on any atom is 0.213 e. The average molecular weight is 471 g/mol. The van der Waals surface area contributed by atoms with Gasteiger partial charge in [0.2, 0.25) is 5.88 Å². The van der Waals surface area contributed by atoms with Crippen molar-refractivity contribution in [2.24, 2.45) is 11.8 Å². The summed E-state index contributed by atoms with van der Waals surface area (Å²) in [4.78, 5) is 16.3. The van der Waals surface area contributed by atoms with E-state index in [1.54, 1.807) is 6.92 Å². The molecule has 180 valence electrons. The van der Waals surface area contributed by atoms with Crippen molar-refractivity contribution < 1.29 is 13.9 Å². The minimum absolute atomic E-state index is 0.120. The molecule has 5 heteroatoms. The van der Waals surface area contributed by atoms with E-state index in [1.807, 2.05) is 30.5 Å². The van der Waals surface area contributed by atoms with E-state index in [0.29, 0.717) is 28.8 Å². The molecule has 4 nitrogen and oxygen atoms in total. The Kier molecular flexibility index (Phi) is 5.12. The van der Waals surface area contributed by atoms with Gasteiger partial charge in [-0.2, -0.15) is 0 Å². The summed E-state index contributed by atoms with van der Waals surface area (Å²) in [5.41, 5.74) is 6.75. The van der Waals surface area contributed by atoms with Gasteiger partial charge in [0.1, 0.15) is 18.2 Å². The predicted molar refractivity (Wildman–Crippen MR) is 133 cm³/mol. The van der Waals surface area contributed by atoms with Crippen LogP contribution in [-0.2, 0) is 23.2 Å². The van der Waals surface area contributed by atoms with E-state index in [1.165, 1.54) is 11.1 Å². The minimum atomic E-state index is -0.206. The smallest absolute Gasteiger partial charge is 0.213 e.